The lowest BCUT2D eigenvalue weighted by molar-refractivity contribution is -0.153. The molecule has 1 unspecified atom stereocenters. The van der Waals surface area contributed by atoms with Crippen LogP contribution < -0.4 is 5.32 Å². The molecule has 0 heterocycles. The van der Waals surface area contributed by atoms with Crippen molar-refractivity contribution in [2.24, 2.45) is 0 Å². The van der Waals surface area contributed by atoms with Crippen LogP contribution in [0, 0.1) is 0 Å². The van der Waals surface area contributed by atoms with Crippen LogP contribution in [0.5, 0.6) is 0 Å². The van der Waals surface area contributed by atoms with Gasteiger partial charge in [-0.3, -0.25) is 4.79 Å². The first-order valence-electron chi connectivity index (χ1n) is 5.80. The van der Waals surface area contributed by atoms with Gasteiger partial charge in [0.15, 0.2) is 0 Å². The SMILES string of the molecule is CCCCC(C)NCC(=O)OC(C)(C)C. The molecular formula is C12H25NO2. The molecule has 0 amide bonds. The lowest BCUT2D eigenvalue weighted by Crippen LogP contribution is -2.35. The van der Waals surface area contributed by atoms with E-state index in [1.165, 1.54) is 12.8 Å². The van der Waals surface area contributed by atoms with E-state index < -0.39 is 0 Å². The summed E-state index contributed by atoms with van der Waals surface area (Å²) < 4.78 is 5.19. The molecule has 3 heteroatoms. The van der Waals surface area contributed by atoms with Crippen LogP contribution in [0.3, 0.4) is 0 Å². The molecule has 0 aromatic carbocycles. The Morgan fingerprint density at radius 3 is 2.47 bits per heavy atom. The highest BCUT2D eigenvalue weighted by Crippen LogP contribution is 2.06. The summed E-state index contributed by atoms with van der Waals surface area (Å²) in [5.41, 5.74) is -0.384. The summed E-state index contributed by atoms with van der Waals surface area (Å²) in [5, 5.41) is 3.17. The van der Waals surface area contributed by atoms with Gasteiger partial charge in [0.1, 0.15) is 5.60 Å². The van der Waals surface area contributed by atoms with Crippen LogP contribution in [0.4, 0.5) is 0 Å². The van der Waals surface area contributed by atoms with Crippen LogP contribution in [-0.2, 0) is 9.53 Å². The summed E-state index contributed by atoms with van der Waals surface area (Å²) in [5.74, 6) is -0.175. The molecule has 90 valence electrons. The Hall–Kier alpha value is -0.570. The van der Waals surface area contributed by atoms with Gasteiger partial charge in [0, 0.05) is 6.04 Å². The number of hydrogen-bond donors (Lipinski definition) is 1. The van der Waals surface area contributed by atoms with Gasteiger partial charge in [0.05, 0.1) is 6.54 Å². The van der Waals surface area contributed by atoms with E-state index in [1.54, 1.807) is 0 Å². The minimum absolute atomic E-state index is 0.175. The molecule has 0 rings (SSSR count). The molecule has 0 fully saturated rings. The minimum atomic E-state index is -0.384. The van der Waals surface area contributed by atoms with Crippen LogP contribution in [-0.4, -0.2) is 24.2 Å². The van der Waals surface area contributed by atoms with Crippen molar-refractivity contribution in [3.8, 4) is 0 Å². The molecule has 0 saturated heterocycles. The Morgan fingerprint density at radius 2 is 2.00 bits per heavy atom. The number of hydrogen-bond acceptors (Lipinski definition) is 3. The predicted molar refractivity (Wildman–Crippen MR) is 62.8 cm³/mol. The normalized spacial score (nSPS) is 13.7. The first-order chi connectivity index (χ1) is 6.85. The Morgan fingerprint density at radius 1 is 1.40 bits per heavy atom. The van der Waals surface area contributed by atoms with Gasteiger partial charge >= 0.3 is 5.97 Å². The van der Waals surface area contributed by atoms with Crippen molar-refractivity contribution in [1.82, 2.24) is 5.32 Å². The second-order valence-corrected chi connectivity index (χ2v) is 5.01. The summed E-state index contributed by atoms with van der Waals surface area (Å²) in [6.07, 6.45) is 3.50. The minimum Gasteiger partial charge on any atom is -0.459 e. The Kier molecular flexibility index (Phi) is 6.57. The molecule has 1 atom stereocenters. The summed E-state index contributed by atoms with van der Waals surface area (Å²) in [7, 11) is 0. The molecule has 0 aromatic rings. The molecule has 15 heavy (non-hydrogen) atoms. The number of carbonyl (C=O) groups is 1. The third-order valence-corrected chi connectivity index (χ3v) is 2.01. The van der Waals surface area contributed by atoms with Crippen LogP contribution in [0.25, 0.3) is 0 Å². The van der Waals surface area contributed by atoms with Gasteiger partial charge in [-0.25, -0.2) is 0 Å². The Balaban J connectivity index is 3.62. The molecular weight excluding hydrogens is 190 g/mol. The van der Waals surface area contributed by atoms with Crippen molar-refractivity contribution in [3.05, 3.63) is 0 Å². The van der Waals surface area contributed by atoms with Gasteiger partial charge in [0.2, 0.25) is 0 Å². The van der Waals surface area contributed by atoms with Gasteiger partial charge < -0.3 is 10.1 Å². The zero-order valence-electron chi connectivity index (χ0n) is 10.7. The van der Waals surface area contributed by atoms with Crippen LogP contribution in [0.2, 0.25) is 0 Å². The largest absolute Gasteiger partial charge is 0.459 e. The maximum absolute atomic E-state index is 11.4. The van der Waals surface area contributed by atoms with E-state index in [9.17, 15) is 4.79 Å². The molecule has 1 N–H and O–H groups in total. The maximum atomic E-state index is 11.4. The average molecular weight is 215 g/mol. The number of nitrogens with one attached hydrogen (secondary N) is 1. The second kappa shape index (κ2) is 6.83. The summed E-state index contributed by atoms with van der Waals surface area (Å²) in [6.45, 7) is 10.2. The predicted octanol–water partition coefficient (Wildman–Crippen LogP) is 2.50. The molecule has 3 nitrogen and oxygen atoms in total. The van der Waals surface area contributed by atoms with Crippen molar-refractivity contribution < 1.29 is 9.53 Å². The fourth-order valence-corrected chi connectivity index (χ4v) is 1.25. The first-order valence-corrected chi connectivity index (χ1v) is 5.80. The standard InChI is InChI=1S/C12H25NO2/c1-6-7-8-10(2)13-9-11(14)15-12(3,4)5/h10,13H,6-9H2,1-5H3. The van der Waals surface area contributed by atoms with Gasteiger partial charge in [-0.2, -0.15) is 0 Å². The molecule has 0 bridgehead atoms. The fourth-order valence-electron chi connectivity index (χ4n) is 1.25. The van der Waals surface area contributed by atoms with Crippen molar-refractivity contribution in [3.63, 3.8) is 0 Å². The van der Waals surface area contributed by atoms with Crippen molar-refractivity contribution in [1.29, 1.82) is 0 Å². The van der Waals surface area contributed by atoms with E-state index in [4.69, 9.17) is 4.74 Å². The van der Waals surface area contributed by atoms with Crippen molar-refractivity contribution in [2.45, 2.75) is 65.5 Å². The monoisotopic (exact) mass is 215 g/mol. The van der Waals surface area contributed by atoms with Gasteiger partial charge in [-0.1, -0.05) is 19.8 Å². The Bertz CT molecular complexity index is 185. The Labute approximate surface area is 93.6 Å². The molecule has 0 aliphatic heterocycles. The zero-order valence-corrected chi connectivity index (χ0v) is 10.7. The van der Waals surface area contributed by atoms with Crippen molar-refractivity contribution >= 4 is 5.97 Å². The van der Waals surface area contributed by atoms with E-state index in [0.29, 0.717) is 12.6 Å². The topological polar surface area (TPSA) is 38.3 Å². The van der Waals surface area contributed by atoms with Gasteiger partial charge in [-0.05, 0) is 34.1 Å². The molecule has 0 spiro atoms. The van der Waals surface area contributed by atoms with E-state index in [0.717, 1.165) is 6.42 Å². The van der Waals surface area contributed by atoms with E-state index in [1.807, 2.05) is 20.8 Å². The lowest BCUT2D eigenvalue weighted by atomic mass is 10.1. The summed E-state index contributed by atoms with van der Waals surface area (Å²) >= 11 is 0. The quantitative estimate of drug-likeness (QED) is 0.692. The van der Waals surface area contributed by atoms with Gasteiger partial charge in [0.25, 0.3) is 0 Å². The highest BCUT2D eigenvalue weighted by molar-refractivity contribution is 5.72. The highest BCUT2D eigenvalue weighted by atomic mass is 16.6. The smallest absolute Gasteiger partial charge is 0.320 e. The van der Waals surface area contributed by atoms with Crippen LogP contribution in [0.1, 0.15) is 53.9 Å². The summed E-state index contributed by atoms with van der Waals surface area (Å²) in [4.78, 5) is 11.4. The van der Waals surface area contributed by atoms with E-state index in [-0.39, 0.29) is 11.6 Å². The second-order valence-electron chi connectivity index (χ2n) is 5.01. The van der Waals surface area contributed by atoms with Crippen molar-refractivity contribution in [2.75, 3.05) is 6.54 Å². The number of esters is 1. The lowest BCUT2D eigenvalue weighted by Gasteiger charge is -2.20. The molecule has 0 aliphatic rings. The number of ether oxygens (including phenoxy) is 1. The third kappa shape index (κ3) is 9.73. The van der Waals surface area contributed by atoms with E-state index >= 15 is 0 Å². The average Bonchev–Trinajstić information content (AvgIpc) is 2.08. The van der Waals surface area contributed by atoms with E-state index in [2.05, 4.69) is 19.2 Å². The van der Waals surface area contributed by atoms with Crippen LogP contribution in [0.15, 0.2) is 0 Å². The molecule has 0 aliphatic carbocycles. The zero-order chi connectivity index (χ0) is 11.9. The number of rotatable bonds is 6. The molecule has 0 saturated carbocycles. The summed E-state index contributed by atoms with van der Waals surface area (Å²) in [6, 6.07) is 0.387. The van der Waals surface area contributed by atoms with Crippen LogP contribution >= 0.6 is 0 Å². The molecule has 0 radical (unpaired) electrons. The molecule has 0 aromatic heterocycles. The highest BCUT2D eigenvalue weighted by Gasteiger charge is 2.16. The third-order valence-electron chi connectivity index (χ3n) is 2.01. The van der Waals surface area contributed by atoms with Gasteiger partial charge in [-0.15, -0.1) is 0 Å². The number of carbonyl (C=O) groups excluding carboxylic acids is 1. The number of unbranched alkanes of at least 4 members (excludes halogenated alkanes) is 1. The maximum Gasteiger partial charge on any atom is 0.320 e. The first kappa shape index (κ1) is 14.4. The fraction of sp³-hybridized carbons (Fsp3) is 0.917.